The first kappa shape index (κ1) is 17.4. The predicted molar refractivity (Wildman–Crippen MR) is 99.0 cm³/mol. The number of nitrogens with zero attached hydrogens (tertiary/aromatic N) is 6. The minimum absolute atomic E-state index is 0.0476. The van der Waals surface area contributed by atoms with Gasteiger partial charge in [0.1, 0.15) is 17.8 Å². The molecule has 9 nitrogen and oxygen atoms in total. The Hall–Kier alpha value is -2.71. The van der Waals surface area contributed by atoms with E-state index >= 15 is 0 Å². The van der Waals surface area contributed by atoms with Crippen LogP contribution in [0, 0.1) is 11.3 Å². The number of aryl methyl sites for hydroxylation is 2. The summed E-state index contributed by atoms with van der Waals surface area (Å²) in [6, 6.07) is 1.54. The monoisotopic (exact) mass is 383 g/mol. The second kappa shape index (κ2) is 6.42. The quantitative estimate of drug-likeness (QED) is 0.849. The molecule has 2 aromatic heterocycles. The predicted octanol–water partition coefficient (Wildman–Crippen LogP) is 0.905. The van der Waals surface area contributed by atoms with Gasteiger partial charge in [0, 0.05) is 44.2 Å². The van der Waals surface area contributed by atoms with Gasteiger partial charge in [0.2, 0.25) is 5.91 Å². The molecule has 1 N–H and O–H groups in total. The number of fused-ring (bicyclic) bond motifs is 1. The van der Waals surface area contributed by atoms with E-state index in [1.807, 2.05) is 16.6 Å². The highest BCUT2D eigenvalue weighted by Crippen LogP contribution is 2.48. The topological polar surface area (TPSA) is 97.9 Å². The highest BCUT2D eigenvalue weighted by Gasteiger charge is 2.51. The fourth-order valence-corrected chi connectivity index (χ4v) is 4.76. The lowest BCUT2D eigenvalue weighted by molar-refractivity contribution is -0.129. The summed E-state index contributed by atoms with van der Waals surface area (Å²) in [6.45, 7) is 2.03. The maximum Gasteiger partial charge on any atom is 0.274 e. The van der Waals surface area contributed by atoms with Crippen LogP contribution in [0.4, 0.5) is 0 Å². The van der Waals surface area contributed by atoms with Gasteiger partial charge in [0.05, 0.1) is 6.04 Å². The van der Waals surface area contributed by atoms with Crippen LogP contribution in [0.15, 0.2) is 18.6 Å². The van der Waals surface area contributed by atoms with Crippen LogP contribution in [0.1, 0.15) is 54.5 Å². The Morgan fingerprint density at radius 3 is 2.79 bits per heavy atom. The van der Waals surface area contributed by atoms with Crippen molar-refractivity contribution in [1.29, 1.82) is 0 Å². The van der Waals surface area contributed by atoms with Crippen LogP contribution in [0.5, 0.6) is 0 Å². The summed E-state index contributed by atoms with van der Waals surface area (Å²) in [5.74, 6) is 0.990. The van der Waals surface area contributed by atoms with E-state index in [2.05, 4.69) is 20.5 Å². The molecule has 9 heteroatoms. The summed E-state index contributed by atoms with van der Waals surface area (Å²) in [5.41, 5.74) is 0.265. The van der Waals surface area contributed by atoms with Crippen molar-refractivity contribution in [1.82, 2.24) is 34.8 Å². The van der Waals surface area contributed by atoms with Gasteiger partial charge in [-0.25, -0.2) is 9.67 Å². The molecule has 2 amide bonds. The minimum atomic E-state index is -0.210. The number of hydrogen-bond donors (Lipinski definition) is 1. The fourth-order valence-electron chi connectivity index (χ4n) is 4.76. The smallest absolute Gasteiger partial charge is 0.274 e. The highest BCUT2D eigenvalue weighted by atomic mass is 16.2. The Morgan fingerprint density at radius 1 is 1.25 bits per heavy atom. The van der Waals surface area contributed by atoms with Gasteiger partial charge < -0.3 is 10.2 Å². The van der Waals surface area contributed by atoms with Crippen LogP contribution >= 0.6 is 0 Å². The normalized spacial score (nSPS) is 26.9. The van der Waals surface area contributed by atoms with Crippen molar-refractivity contribution in [3.63, 3.8) is 0 Å². The van der Waals surface area contributed by atoms with Crippen LogP contribution in [0.3, 0.4) is 0 Å². The Bertz CT molecular complexity index is 915. The highest BCUT2D eigenvalue weighted by molar-refractivity contribution is 5.92. The van der Waals surface area contributed by atoms with Crippen LogP contribution in [0.2, 0.25) is 0 Å². The number of carbonyl (C=O) groups is 2. The zero-order valence-corrected chi connectivity index (χ0v) is 16.0. The second-order valence-electron chi connectivity index (χ2n) is 8.37. The van der Waals surface area contributed by atoms with Crippen LogP contribution < -0.4 is 5.32 Å². The standard InChI is InChI=1S/C19H25N7O2/c1-24-8-5-14(23-24)18(28)25-9-6-19(11-25)7-10-26-16(20-12-21-26)15(19)22-17(27)13-3-2-4-13/h5,8,12-13,15H,2-4,6-7,9-11H2,1H3,(H,22,27). The molecule has 148 valence electrons. The molecule has 1 saturated heterocycles. The van der Waals surface area contributed by atoms with Crippen molar-refractivity contribution in [2.75, 3.05) is 13.1 Å². The van der Waals surface area contributed by atoms with Gasteiger partial charge in [0.15, 0.2) is 0 Å². The molecule has 2 aliphatic heterocycles. The number of hydrogen-bond acceptors (Lipinski definition) is 5. The third-order valence-electron chi connectivity index (χ3n) is 6.71. The molecule has 2 atom stereocenters. The molecule has 28 heavy (non-hydrogen) atoms. The average molecular weight is 383 g/mol. The first-order chi connectivity index (χ1) is 13.6. The average Bonchev–Trinajstić information content (AvgIpc) is 3.35. The van der Waals surface area contributed by atoms with Crippen LogP contribution in [-0.2, 0) is 18.4 Å². The summed E-state index contributed by atoms with van der Waals surface area (Å²) in [6.07, 6.45) is 8.09. The summed E-state index contributed by atoms with van der Waals surface area (Å²) >= 11 is 0. The van der Waals surface area contributed by atoms with E-state index in [1.54, 1.807) is 23.3 Å². The SMILES string of the molecule is Cn1ccc(C(=O)N2CCC3(CCn4ncnc4C3NC(=O)C3CCC3)C2)n1. The maximum absolute atomic E-state index is 12.9. The maximum atomic E-state index is 12.9. The molecular formula is C19H25N7O2. The van der Waals surface area contributed by atoms with Gasteiger partial charge in [-0.2, -0.15) is 10.2 Å². The number of nitrogens with one attached hydrogen (secondary N) is 1. The largest absolute Gasteiger partial charge is 0.345 e. The number of carbonyl (C=O) groups excluding carboxylic acids is 2. The molecule has 4 heterocycles. The van der Waals surface area contributed by atoms with Gasteiger partial charge in [-0.05, 0) is 31.7 Å². The molecule has 1 spiro atoms. The first-order valence-electron chi connectivity index (χ1n) is 10.0. The lowest BCUT2D eigenvalue weighted by Crippen LogP contribution is -2.49. The number of rotatable bonds is 3. The van der Waals surface area contributed by atoms with Gasteiger partial charge in [-0.15, -0.1) is 0 Å². The van der Waals surface area contributed by atoms with Gasteiger partial charge in [0.25, 0.3) is 5.91 Å². The van der Waals surface area contributed by atoms with Gasteiger partial charge in [-0.1, -0.05) is 6.42 Å². The molecule has 1 saturated carbocycles. The fraction of sp³-hybridized carbons (Fsp3) is 0.632. The summed E-state index contributed by atoms with van der Waals surface area (Å²) in [5, 5.41) is 11.8. The van der Waals surface area contributed by atoms with Gasteiger partial charge >= 0.3 is 0 Å². The zero-order valence-electron chi connectivity index (χ0n) is 16.0. The van der Waals surface area contributed by atoms with Crippen molar-refractivity contribution >= 4 is 11.8 Å². The zero-order chi connectivity index (χ0) is 19.3. The van der Waals surface area contributed by atoms with Crippen molar-refractivity contribution in [3.8, 4) is 0 Å². The molecule has 0 radical (unpaired) electrons. The third kappa shape index (κ3) is 2.71. The van der Waals surface area contributed by atoms with Crippen molar-refractivity contribution in [2.24, 2.45) is 18.4 Å². The Balaban J connectivity index is 1.40. The molecule has 0 aromatic carbocycles. The summed E-state index contributed by atoms with van der Waals surface area (Å²) in [4.78, 5) is 32.0. The van der Waals surface area contributed by atoms with Crippen molar-refractivity contribution in [3.05, 3.63) is 30.1 Å². The van der Waals surface area contributed by atoms with E-state index in [9.17, 15) is 9.59 Å². The summed E-state index contributed by atoms with van der Waals surface area (Å²) < 4.78 is 3.53. The Morgan fingerprint density at radius 2 is 2.07 bits per heavy atom. The van der Waals surface area contributed by atoms with E-state index in [0.29, 0.717) is 18.8 Å². The second-order valence-corrected chi connectivity index (χ2v) is 8.37. The molecule has 3 aliphatic rings. The summed E-state index contributed by atoms with van der Waals surface area (Å²) in [7, 11) is 1.81. The molecular weight excluding hydrogens is 358 g/mol. The molecule has 1 aliphatic carbocycles. The van der Waals surface area contributed by atoms with Gasteiger partial charge in [-0.3, -0.25) is 14.3 Å². The molecule has 5 rings (SSSR count). The molecule has 0 bridgehead atoms. The van der Waals surface area contributed by atoms with E-state index in [-0.39, 0.29) is 29.2 Å². The molecule has 2 aromatic rings. The Kier molecular flexibility index (Phi) is 3.99. The number of aromatic nitrogens is 5. The number of likely N-dealkylation sites (tertiary alicyclic amines) is 1. The van der Waals surface area contributed by atoms with Crippen molar-refractivity contribution < 1.29 is 9.59 Å². The minimum Gasteiger partial charge on any atom is -0.345 e. The molecule has 2 fully saturated rings. The Labute approximate surface area is 163 Å². The van der Waals surface area contributed by atoms with Crippen LogP contribution in [-0.4, -0.2) is 54.3 Å². The van der Waals surface area contributed by atoms with E-state index < -0.39 is 0 Å². The van der Waals surface area contributed by atoms with E-state index in [4.69, 9.17) is 0 Å². The van der Waals surface area contributed by atoms with Crippen molar-refractivity contribution in [2.45, 2.75) is 44.7 Å². The number of amides is 2. The van der Waals surface area contributed by atoms with Crippen LogP contribution in [0.25, 0.3) is 0 Å². The molecule has 2 unspecified atom stereocenters. The van der Waals surface area contributed by atoms with E-state index in [0.717, 1.165) is 44.5 Å². The van der Waals surface area contributed by atoms with E-state index in [1.165, 1.54) is 0 Å². The lowest BCUT2D eigenvalue weighted by Gasteiger charge is -2.41. The lowest BCUT2D eigenvalue weighted by atomic mass is 9.73. The first-order valence-corrected chi connectivity index (χ1v) is 10.0. The third-order valence-corrected chi connectivity index (χ3v) is 6.71.